The molecule has 0 aromatic heterocycles. The van der Waals surface area contributed by atoms with Gasteiger partial charge < -0.3 is 14.7 Å². The third kappa shape index (κ3) is 3.63. The lowest BCUT2D eigenvalue weighted by molar-refractivity contribution is 0.0906. The van der Waals surface area contributed by atoms with Gasteiger partial charge >= 0.3 is 6.09 Å². The fourth-order valence-electron chi connectivity index (χ4n) is 1.38. The van der Waals surface area contributed by atoms with Gasteiger partial charge in [0.2, 0.25) is 0 Å². The highest BCUT2D eigenvalue weighted by atomic mass is 16.5. The molecule has 78 valence electrons. The number of methoxy groups -OCH3 is 1. The van der Waals surface area contributed by atoms with Crippen molar-refractivity contribution in [2.24, 2.45) is 0 Å². The molecule has 0 saturated heterocycles. The number of nitrogens with zero attached hydrogens (tertiary/aromatic N) is 1. The Morgan fingerprint density at radius 3 is 2.31 bits per heavy atom. The molecule has 0 rings (SSSR count). The zero-order chi connectivity index (χ0) is 10.3. The number of carbonyl (C=O) groups is 1. The molecule has 4 nitrogen and oxygen atoms in total. The van der Waals surface area contributed by atoms with Crippen LogP contribution in [0.2, 0.25) is 0 Å². The average Bonchev–Trinajstić information content (AvgIpc) is 2.17. The predicted octanol–water partition coefficient (Wildman–Crippen LogP) is 1.24. The normalized spacial score (nSPS) is 10.2. The molecule has 0 aromatic rings. The Morgan fingerprint density at radius 1 is 1.46 bits per heavy atom. The summed E-state index contributed by atoms with van der Waals surface area (Å²) >= 11 is 0. The van der Waals surface area contributed by atoms with Crippen LogP contribution in [0.15, 0.2) is 0 Å². The lowest BCUT2D eigenvalue weighted by atomic mass is 10.1. The molecular formula is C9H19NO3. The van der Waals surface area contributed by atoms with Gasteiger partial charge in [-0.25, -0.2) is 4.79 Å². The minimum absolute atomic E-state index is 0.0222. The molecule has 0 unspecified atom stereocenters. The van der Waals surface area contributed by atoms with E-state index in [1.54, 1.807) is 4.90 Å². The molecule has 0 aromatic carbocycles. The minimum Gasteiger partial charge on any atom is -0.453 e. The molecule has 0 saturated carbocycles. The number of amides is 1. The predicted molar refractivity (Wildman–Crippen MR) is 50.6 cm³/mol. The van der Waals surface area contributed by atoms with Crippen LogP contribution in [0.25, 0.3) is 0 Å². The molecule has 0 atom stereocenters. The molecule has 0 heterocycles. The van der Waals surface area contributed by atoms with Gasteiger partial charge in [-0.05, 0) is 12.8 Å². The van der Waals surface area contributed by atoms with Crippen LogP contribution in [-0.2, 0) is 4.74 Å². The maximum Gasteiger partial charge on any atom is 0.409 e. The lowest BCUT2D eigenvalue weighted by Gasteiger charge is -2.28. The minimum atomic E-state index is -0.359. The van der Waals surface area contributed by atoms with Crippen molar-refractivity contribution in [3.8, 4) is 0 Å². The first kappa shape index (κ1) is 12.2. The first-order valence-corrected chi connectivity index (χ1v) is 4.66. The third-order valence-corrected chi connectivity index (χ3v) is 2.13. The molecule has 0 fully saturated rings. The zero-order valence-electron chi connectivity index (χ0n) is 8.62. The number of hydrogen-bond donors (Lipinski definition) is 1. The Hall–Kier alpha value is -0.770. The van der Waals surface area contributed by atoms with Gasteiger partial charge in [0.05, 0.1) is 13.7 Å². The number of rotatable bonds is 5. The Kier molecular flexibility index (Phi) is 6.32. The Labute approximate surface area is 79.5 Å². The summed E-state index contributed by atoms with van der Waals surface area (Å²) < 4.78 is 4.63. The van der Waals surface area contributed by atoms with Crippen LogP contribution in [0.4, 0.5) is 4.79 Å². The summed E-state index contributed by atoms with van der Waals surface area (Å²) in [5, 5.41) is 8.77. The summed E-state index contributed by atoms with van der Waals surface area (Å²) in [5.41, 5.74) is 0. The molecule has 0 radical (unpaired) electrons. The third-order valence-electron chi connectivity index (χ3n) is 2.13. The highest BCUT2D eigenvalue weighted by Gasteiger charge is 2.20. The number of ether oxygens (including phenoxy) is 1. The number of hydrogen-bond acceptors (Lipinski definition) is 3. The second kappa shape index (κ2) is 6.71. The van der Waals surface area contributed by atoms with Gasteiger partial charge in [-0.3, -0.25) is 0 Å². The largest absolute Gasteiger partial charge is 0.453 e. The second-order valence-corrected chi connectivity index (χ2v) is 2.86. The average molecular weight is 189 g/mol. The van der Waals surface area contributed by atoms with Gasteiger partial charge in [-0.2, -0.15) is 0 Å². The van der Waals surface area contributed by atoms with Gasteiger partial charge in [-0.15, -0.1) is 0 Å². The Balaban J connectivity index is 4.28. The smallest absolute Gasteiger partial charge is 0.409 e. The van der Waals surface area contributed by atoms with E-state index in [0.29, 0.717) is 6.54 Å². The van der Waals surface area contributed by atoms with Crippen LogP contribution in [-0.4, -0.2) is 42.4 Å². The fourth-order valence-corrected chi connectivity index (χ4v) is 1.38. The van der Waals surface area contributed by atoms with E-state index in [2.05, 4.69) is 4.74 Å². The fraction of sp³-hybridized carbons (Fsp3) is 0.889. The van der Waals surface area contributed by atoms with Crippen molar-refractivity contribution < 1.29 is 14.6 Å². The van der Waals surface area contributed by atoms with Crippen molar-refractivity contribution in [3.05, 3.63) is 0 Å². The molecule has 0 bridgehead atoms. The van der Waals surface area contributed by atoms with Crippen LogP contribution in [0.3, 0.4) is 0 Å². The van der Waals surface area contributed by atoms with Gasteiger partial charge in [0.15, 0.2) is 0 Å². The Morgan fingerprint density at radius 2 is 2.00 bits per heavy atom. The Bertz CT molecular complexity index is 146. The number of aliphatic hydroxyl groups excluding tert-OH is 1. The van der Waals surface area contributed by atoms with E-state index in [4.69, 9.17) is 5.11 Å². The van der Waals surface area contributed by atoms with Crippen molar-refractivity contribution in [2.45, 2.75) is 32.7 Å². The highest BCUT2D eigenvalue weighted by Crippen LogP contribution is 2.09. The quantitative estimate of drug-likeness (QED) is 0.707. The number of carbonyl (C=O) groups excluding carboxylic acids is 1. The monoisotopic (exact) mass is 189 g/mol. The number of aliphatic hydroxyl groups is 1. The summed E-state index contributed by atoms with van der Waals surface area (Å²) in [5.74, 6) is 0. The van der Waals surface area contributed by atoms with Crippen molar-refractivity contribution in [2.75, 3.05) is 20.3 Å². The summed E-state index contributed by atoms with van der Waals surface area (Å²) in [6.45, 7) is 4.35. The van der Waals surface area contributed by atoms with E-state index in [9.17, 15) is 4.79 Å². The van der Waals surface area contributed by atoms with Crippen LogP contribution in [0.5, 0.6) is 0 Å². The lowest BCUT2D eigenvalue weighted by Crippen LogP contribution is -2.41. The zero-order valence-corrected chi connectivity index (χ0v) is 8.62. The van der Waals surface area contributed by atoms with Crippen molar-refractivity contribution in [1.82, 2.24) is 4.90 Å². The first-order valence-electron chi connectivity index (χ1n) is 4.66. The maximum absolute atomic E-state index is 11.3. The second-order valence-electron chi connectivity index (χ2n) is 2.86. The van der Waals surface area contributed by atoms with Crippen LogP contribution in [0, 0.1) is 0 Å². The maximum atomic E-state index is 11.3. The molecule has 0 aliphatic rings. The van der Waals surface area contributed by atoms with Crippen molar-refractivity contribution in [1.29, 1.82) is 0 Å². The van der Waals surface area contributed by atoms with Gasteiger partial charge in [0, 0.05) is 12.6 Å². The van der Waals surface area contributed by atoms with E-state index in [1.807, 2.05) is 13.8 Å². The summed E-state index contributed by atoms with van der Waals surface area (Å²) in [6.07, 6.45) is 1.40. The summed E-state index contributed by atoms with van der Waals surface area (Å²) in [6, 6.07) is 0.166. The van der Waals surface area contributed by atoms with E-state index in [0.717, 1.165) is 12.8 Å². The molecular weight excluding hydrogens is 170 g/mol. The van der Waals surface area contributed by atoms with Gasteiger partial charge in [-0.1, -0.05) is 13.8 Å². The topological polar surface area (TPSA) is 49.8 Å². The molecule has 0 aliphatic heterocycles. The van der Waals surface area contributed by atoms with Crippen LogP contribution >= 0.6 is 0 Å². The van der Waals surface area contributed by atoms with E-state index in [-0.39, 0.29) is 18.7 Å². The highest BCUT2D eigenvalue weighted by molar-refractivity contribution is 5.67. The van der Waals surface area contributed by atoms with E-state index < -0.39 is 0 Å². The molecule has 0 spiro atoms. The molecule has 1 N–H and O–H groups in total. The van der Waals surface area contributed by atoms with E-state index in [1.165, 1.54) is 7.11 Å². The standard InChI is InChI=1S/C9H19NO3/c1-4-8(5-2)10(6-7-11)9(12)13-3/h8,11H,4-7H2,1-3H3. The molecule has 4 heteroatoms. The molecule has 1 amide bonds. The first-order chi connectivity index (χ1) is 6.21. The van der Waals surface area contributed by atoms with Gasteiger partial charge in [0.1, 0.15) is 0 Å². The SMILES string of the molecule is CCC(CC)N(CCO)C(=O)OC. The van der Waals surface area contributed by atoms with E-state index >= 15 is 0 Å². The molecule has 0 aliphatic carbocycles. The molecule has 13 heavy (non-hydrogen) atoms. The van der Waals surface area contributed by atoms with Crippen LogP contribution < -0.4 is 0 Å². The summed E-state index contributed by atoms with van der Waals surface area (Å²) in [7, 11) is 1.36. The van der Waals surface area contributed by atoms with Crippen LogP contribution in [0.1, 0.15) is 26.7 Å². The van der Waals surface area contributed by atoms with Crippen molar-refractivity contribution in [3.63, 3.8) is 0 Å². The van der Waals surface area contributed by atoms with Gasteiger partial charge in [0.25, 0.3) is 0 Å². The van der Waals surface area contributed by atoms with Crippen molar-refractivity contribution >= 4 is 6.09 Å². The summed E-state index contributed by atoms with van der Waals surface area (Å²) in [4.78, 5) is 12.8.